The number of ether oxygens (including phenoxy) is 2. The van der Waals surface area contributed by atoms with E-state index < -0.39 is 26.5 Å². The lowest BCUT2D eigenvalue weighted by molar-refractivity contribution is -0.870. The topological polar surface area (TPSA) is 111 Å². The first kappa shape index (κ1) is 94.8. The van der Waals surface area contributed by atoms with E-state index in [1.54, 1.807) is 0 Å². The van der Waals surface area contributed by atoms with Gasteiger partial charge < -0.3 is 27.9 Å². The molecule has 0 aromatic rings. The maximum atomic E-state index is 12.9. The summed E-state index contributed by atoms with van der Waals surface area (Å²) in [6.45, 7) is 4.01. The molecule has 0 N–H and O–H groups in total. The zero-order valence-electron chi connectivity index (χ0n) is 64.6. The highest BCUT2D eigenvalue weighted by Gasteiger charge is 2.22. The van der Waals surface area contributed by atoms with Crippen LogP contribution < -0.4 is 4.89 Å². The van der Waals surface area contributed by atoms with E-state index in [9.17, 15) is 19.0 Å². The molecule has 0 aliphatic rings. The van der Waals surface area contributed by atoms with Crippen molar-refractivity contribution in [3.8, 4) is 0 Å². The highest BCUT2D eigenvalue weighted by molar-refractivity contribution is 7.45. The molecule has 0 aromatic carbocycles. The molecule has 0 aromatic heterocycles. The Hall–Kier alpha value is -5.15. The number of quaternary nitrogens is 1. The second-order valence-corrected chi connectivity index (χ2v) is 28.7. The Morgan fingerprint density at radius 1 is 0.310 bits per heavy atom. The lowest BCUT2D eigenvalue weighted by Gasteiger charge is -2.28. The number of likely N-dealkylation sites (N-methyl/N-ethyl adjacent to an activating group) is 1. The number of esters is 2. The molecule has 100 heavy (non-hydrogen) atoms. The third kappa shape index (κ3) is 81.8. The molecule has 0 radical (unpaired) electrons. The van der Waals surface area contributed by atoms with Gasteiger partial charge in [-0.25, -0.2) is 0 Å². The van der Waals surface area contributed by atoms with Gasteiger partial charge in [0.2, 0.25) is 0 Å². The SMILES string of the molecule is CC/C=C\C/C=C\C/C=C\C/C=C\C/C=C\C/C=C\C/C=C\C/C=C\C/C=C\C/C=C\CCCCCCCCCCCCC(=O)OC(COC(=O)CCCCCCCCCCCCCCCCCC/C=C\C/C=C\C/C=C\C/C=C\C/C=C\C/C=C\CC)COP(=O)([O-])OCC[N+](C)(C)C. The van der Waals surface area contributed by atoms with Crippen LogP contribution in [0.15, 0.2) is 194 Å². The quantitative estimate of drug-likeness (QED) is 0.0195. The van der Waals surface area contributed by atoms with Crippen LogP contribution in [0.2, 0.25) is 0 Å². The van der Waals surface area contributed by atoms with Gasteiger partial charge >= 0.3 is 11.9 Å². The number of carbonyl (C=O) groups is 2. The summed E-state index contributed by atoms with van der Waals surface area (Å²) in [4.78, 5) is 38.2. The Bertz CT molecular complexity index is 2400. The van der Waals surface area contributed by atoms with Crippen molar-refractivity contribution in [2.45, 2.75) is 315 Å². The average Bonchev–Trinajstić information content (AvgIpc) is 1.30. The number of nitrogens with zero attached hydrogens (tertiary/aromatic N) is 1. The van der Waals surface area contributed by atoms with Crippen molar-refractivity contribution < 1.29 is 42.1 Å². The third-order valence-corrected chi connectivity index (χ3v) is 17.6. The minimum Gasteiger partial charge on any atom is -0.756 e. The fourth-order valence-electron chi connectivity index (χ4n) is 10.6. The molecular weight excluding hydrogens is 1250 g/mol. The number of carbonyl (C=O) groups excluding carboxylic acids is 2. The van der Waals surface area contributed by atoms with Gasteiger partial charge in [0.15, 0.2) is 6.10 Å². The van der Waals surface area contributed by atoms with Gasteiger partial charge in [0.1, 0.15) is 19.8 Å². The number of phosphoric ester groups is 1. The van der Waals surface area contributed by atoms with Gasteiger partial charge in [-0.05, 0) is 141 Å². The van der Waals surface area contributed by atoms with Crippen LogP contribution in [-0.4, -0.2) is 70.0 Å². The highest BCUT2D eigenvalue weighted by Crippen LogP contribution is 2.38. The number of allylic oxidation sites excluding steroid dienone is 32. The second kappa shape index (κ2) is 78.0. The maximum Gasteiger partial charge on any atom is 0.306 e. The monoisotopic (exact) mass is 1400 g/mol. The molecule has 9 nitrogen and oxygen atoms in total. The van der Waals surface area contributed by atoms with Crippen LogP contribution in [0.4, 0.5) is 0 Å². The van der Waals surface area contributed by atoms with Gasteiger partial charge in [-0.3, -0.25) is 14.2 Å². The molecular formula is C90H148NO8P. The summed E-state index contributed by atoms with van der Waals surface area (Å²) in [6, 6.07) is 0. The lowest BCUT2D eigenvalue weighted by Crippen LogP contribution is -2.37. The number of hydrogen-bond acceptors (Lipinski definition) is 8. The molecule has 0 saturated heterocycles. The third-order valence-electron chi connectivity index (χ3n) is 16.6. The van der Waals surface area contributed by atoms with E-state index in [-0.39, 0.29) is 32.0 Å². The van der Waals surface area contributed by atoms with Crippen LogP contribution in [0.3, 0.4) is 0 Å². The fourth-order valence-corrected chi connectivity index (χ4v) is 11.3. The van der Waals surface area contributed by atoms with Gasteiger partial charge in [0.25, 0.3) is 7.82 Å². The predicted octanol–water partition coefficient (Wildman–Crippen LogP) is 26.5. The first-order valence-electron chi connectivity index (χ1n) is 40.1. The van der Waals surface area contributed by atoms with Gasteiger partial charge in [-0.15, -0.1) is 0 Å². The van der Waals surface area contributed by atoms with Crippen LogP contribution in [0, 0.1) is 0 Å². The standard InChI is InChI=1S/C90H148NO8P/c1-6-8-10-12-14-16-18-20-22-24-26-28-30-32-34-36-38-40-42-43-44-45-46-47-49-51-53-55-57-59-61-63-65-67-69-71-73-75-77-79-81-83-90(93)99-88(87-98-100(94,95)97-85-84-91(3,4)5)86-96-89(92)82-80-78-76-74-72-70-68-66-64-62-60-58-56-54-52-50-48-41-39-37-35-33-31-29-27-25-23-21-19-17-15-13-11-9-7-2/h8-11,14-17,20-23,26-29,32-35,38-41,43-44,46-47,51,53,57,59,88H,6-7,12-13,18-19,24-25,30-31,36-37,42,45,48-50,52,54-56,58,60-87H2,1-5H3/b10-8-,11-9-,16-14-,17-15-,22-20-,23-21-,28-26-,29-27-,34-32-,35-33-,40-38-,41-39-,44-43-,47-46-,53-51-,59-57-. The molecule has 0 saturated carbocycles. The lowest BCUT2D eigenvalue weighted by atomic mass is 10.0. The fraction of sp³-hybridized carbons (Fsp3) is 0.622. The van der Waals surface area contributed by atoms with Crippen molar-refractivity contribution in [1.82, 2.24) is 0 Å². The van der Waals surface area contributed by atoms with E-state index in [2.05, 4.69) is 208 Å². The average molecular weight is 1400 g/mol. The highest BCUT2D eigenvalue weighted by atomic mass is 31.2. The summed E-state index contributed by atoms with van der Waals surface area (Å²) in [6.07, 6.45) is 121. The molecule has 2 unspecified atom stereocenters. The van der Waals surface area contributed by atoms with E-state index in [0.717, 1.165) is 148 Å². The van der Waals surface area contributed by atoms with Crippen LogP contribution in [0.1, 0.15) is 309 Å². The Kier molecular flexibility index (Phi) is 74.0. The number of phosphoric acid groups is 1. The maximum absolute atomic E-state index is 12.9. The van der Waals surface area contributed by atoms with Gasteiger partial charge in [0, 0.05) is 12.8 Å². The van der Waals surface area contributed by atoms with Crippen molar-refractivity contribution in [2.75, 3.05) is 47.5 Å². The summed E-state index contributed by atoms with van der Waals surface area (Å²) in [7, 11) is 1.15. The summed E-state index contributed by atoms with van der Waals surface area (Å²) in [5.41, 5.74) is 0. The van der Waals surface area contributed by atoms with Crippen LogP contribution in [0.25, 0.3) is 0 Å². The van der Waals surface area contributed by atoms with E-state index in [0.29, 0.717) is 17.4 Å². The molecule has 0 spiro atoms. The minimum atomic E-state index is -4.66. The number of hydrogen-bond donors (Lipinski definition) is 0. The van der Waals surface area contributed by atoms with Gasteiger partial charge in [-0.2, -0.15) is 0 Å². The van der Waals surface area contributed by atoms with Crippen molar-refractivity contribution in [3.05, 3.63) is 194 Å². The second-order valence-electron chi connectivity index (χ2n) is 27.3. The van der Waals surface area contributed by atoms with Crippen molar-refractivity contribution in [3.63, 3.8) is 0 Å². The molecule has 0 bridgehead atoms. The Labute approximate surface area is 615 Å². The van der Waals surface area contributed by atoms with Crippen molar-refractivity contribution >= 4 is 19.8 Å². The zero-order chi connectivity index (χ0) is 72.5. The van der Waals surface area contributed by atoms with Crippen LogP contribution in [-0.2, 0) is 32.7 Å². The summed E-state index contributed by atoms with van der Waals surface area (Å²) >= 11 is 0. The normalized spacial score (nSPS) is 14.1. The van der Waals surface area contributed by atoms with E-state index >= 15 is 0 Å². The first-order chi connectivity index (χ1) is 49.0. The van der Waals surface area contributed by atoms with Gasteiger partial charge in [0.05, 0.1) is 27.7 Å². The number of rotatable bonds is 72. The molecule has 566 valence electrons. The molecule has 2 atom stereocenters. The van der Waals surface area contributed by atoms with Crippen LogP contribution >= 0.6 is 7.82 Å². The Morgan fingerprint density at radius 3 is 0.800 bits per heavy atom. The predicted molar refractivity (Wildman–Crippen MR) is 433 cm³/mol. The van der Waals surface area contributed by atoms with Gasteiger partial charge in [-0.1, -0.05) is 350 Å². The van der Waals surface area contributed by atoms with Crippen molar-refractivity contribution in [2.24, 2.45) is 0 Å². The van der Waals surface area contributed by atoms with Crippen molar-refractivity contribution in [1.29, 1.82) is 0 Å². The summed E-state index contributed by atoms with van der Waals surface area (Å²) < 4.78 is 34.4. The smallest absolute Gasteiger partial charge is 0.306 e. The molecule has 10 heteroatoms. The minimum absolute atomic E-state index is 0.0394. The molecule has 0 aliphatic heterocycles. The summed E-state index contributed by atoms with van der Waals surface area (Å²) in [5, 5.41) is 0. The largest absolute Gasteiger partial charge is 0.756 e. The molecule has 0 fully saturated rings. The molecule has 0 amide bonds. The summed E-state index contributed by atoms with van der Waals surface area (Å²) in [5.74, 6) is -0.841. The Morgan fingerprint density at radius 2 is 0.540 bits per heavy atom. The van der Waals surface area contributed by atoms with E-state index in [1.807, 2.05) is 21.1 Å². The van der Waals surface area contributed by atoms with Crippen LogP contribution in [0.5, 0.6) is 0 Å². The number of unbranched alkanes of at least 4 members (excludes halogenated alkanes) is 26. The van der Waals surface area contributed by atoms with E-state index in [1.165, 1.54) is 128 Å². The molecule has 0 heterocycles. The Balaban J connectivity index is 4.05. The van der Waals surface area contributed by atoms with E-state index in [4.69, 9.17) is 18.5 Å². The molecule has 0 aliphatic carbocycles. The zero-order valence-corrected chi connectivity index (χ0v) is 65.5. The first-order valence-corrected chi connectivity index (χ1v) is 41.6. The molecule has 0 rings (SSSR count).